The molecule has 0 saturated heterocycles. The molecule has 4 rings (SSSR count). The number of carbonyl (C=O) groups is 3. The minimum Gasteiger partial charge on any atom is -0.397 e. The summed E-state index contributed by atoms with van der Waals surface area (Å²) < 4.78 is 4.88. The Labute approximate surface area is 214 Å². The van der Waals surface area contributed by atoms with Gasteiger partial charge in [0.2, 0.25) is 0 Å². The summed E-state index contributed by atoms with van der Waals surface area (Å²) in [5.41, 5.74) is 8.31. The van der Waals surface area contributed by atoms with Crippen LogP contribution in [0.25, 0.3) is 0 Å². The van der Waals surface area contributed by atoms with E-state index in [9.17, 15) is 14.4 Å². The molecular weight excluding hydrogens is 476 g/mol. The summed E-state index contributed by atoms with van der Waals surface area (Å²) in [6.45, 7) is 3.90. The Hall–Kier alpha value is -4.68. The largest absolute Gasteiger partial charge is 0.397 e. The van der Waals surface area contributed by atoms with E-state index >= 15 is 0 Å². The lowest BCUT2D eigenvalue weighted by atomic mass is 10.3. The van der Waals surface area contributed by atoms with Crippen LogP contribution in [0.15, 0.2) is 41.8 Å². The van der Waals surface area contributed by atoms with E-state index in [1.165, 1.54) is 0 Å². The van der Waals surface area contributed by atoms with Gasteiger partial charge in [0.05, 0.1) is 23.6 Å². The number of aryl methyl sites for hydroxylation is 3. The van der Waals surface area contributed by atoms with Crippen LogP contribution in [-0.4, -0.2) is 63.1 Å². The Morgan fingerprint density at radius 1 is 0.919 bits per heavy atom. The number of hydrogen-bond acceptors (Lipinski definition) is 7. The fourth-order valence-corrected chi connectivity index (χ4v) is 4.04. The topological polar surface area (TPSA) is 165 Å². The normalized spacial score (nSPS) is 13.5. The van der Waals surface area contributed by atoms with Gasteiger partial charge in [-0.25, -0.2) is 0 Å². The van der Waals surface area contributed by atoms with E-state index in [0.717, 1.165) is 19.0 Å². The first-order valence-electron chi connectivity index (χ1n) is 11.8. The number of nitrogens with zero attached hydrogens (tertiary/aromatic N) is 4. The average molecular weight is 509 g/mol. The van der Waals surface area contributed by atoms with E-state index in [1.54, 1.807) is 71.6 Å². The highest BCUT2D eigenvalue weighted by atomic mass is 16.2. The third kappa shape index (κ3) is 5.94. The number of nitrogens with two attached hydrogens (primary N) is 1. The molecule has 1 atom stereocenters. The van der Waals surface area contributed by atoms with Crippen LogP contribution in [0.5, 0.6) is 0 Å². The van der Waals surface area contributed by atoms with Gasteiger partial charge in [0, 0.05) is 58.9 Å². The maximum Gasteiger partial charge on any atom is 0.272 e. The van der Waals surface area contributed by atoms with Crippen molar-refractivity contribution in [3.63, 3.8) is 0 Å². The summed E-state index contributed by atoms with van der Waals surface area (Å²) in [7, 11) is 5.16. The average Bonchev–Trinajstić information content (AvgIpc) is 3.61. The molecule has 0 aliphatic carbocycles. The number of amides is 3. The summed E-state index contributed by atoms with van der Waals surface area (Å²) in [4.78, 5) is 42.5. The van der Waals surface area contributed by atoms with Crippen molar-refractivity contribution in [3.8, 4) is 0 Å². The number of guanidine groups is 1. The zero-order valence-corrected chi connectivity index (χ0v) is 21.3. The van der Waals surface area contributed by atoms with Crippen molar-refractivity contribution in [2.45, 2.75) is 13.0 Å². The van der Waals surface area contributed by atoms with E-state index < -0.39 is 0 Å². The van der Waals surface area contributed by atoms with Crippen LogP contribution in [0.4, 0.5) is 17.1 Å². The molecule has 7 N–H and O–H groups in total. The predicted molar refractivity (Wildman–Crippen MR) is 142 cm³/mol. The van der Waals surface area contributed by atoms with E-state index in [2.05, 4.69) is 31.6 Å². The Bertz CT molecular complexity index is 1360. The quantitative estimate of drug-likeness (QED) is 0.259. The molecule has 3 aromatic rings. The maximum absolute atomic E-state index is 12.9. The summed E-state index contributed by atoms with van der Waals surface area (Å²) in [6, 6.07) is 4.75. The first-order valence-corrected chi connectivity index (χ1v) is 11.8. The molecular formula is C24H32N10O3. The minimum absolute atomic E-state index is 0.0150. The lowest BCUT2D eigenvalue weighted by molar-refractivity contribution is 0.0941. The SMILES string of the molecule is CC(CNC(=O)c1cc(NC(=O)c2cc(NC(=O)c3cc(N)cn3C)cn2C)cn1C)NC1=NCCN1. The van der Waals surface area contributed by atoms with Crippen molar-refractivity contribution in [2.24, 2.45) is 26.1 Å². The standard InChI is InChI=1S/C24H32N10O3/c1-14(29-24-26-5-6-27-24)10-28-21(35)19-8-16(12-33(19)3)31-23(37)20-9-17(13-34(20)4)30-22(36)18-7-15(25)11-32(18)2/h7-9,11-14H,5-6,10,25H2,1-4H3,(H,28,35)(H,30,36)(H,31,37)(H2,26,27,29). The van der Waals surface area contributed by atoms with Gasteiger partial charge in [-0.05, 0) is 25.1 Å². The maximum atomic E-state index is 12.9. The van der Waals surface area contributed by atoms with Crippen molar-refractivity contribution >= 4 is 40.7 Å². The molecule has 1 aliphatic rings. The Balaban J connectivity index is 1.35. The number of anilines is 3. The molecule has 13 nitrogen and oxygen atoms in total. The second-order valence-electron chi connectivity index (χ2n) is 9.04. The second-order valence-corrected chi connectivity index (χ2v) is 9.04. The highest BCUT2D eigenvalue weighted by Crippen LogP contribution is 2.19. The number of aromatic nitrogens is 3. The molecule has 0 fully saturated rings. The van der Waals surface area contributed by atoms with E-state index in [-0.39, 0.29) is 23.8 Å². The van der Waals surface area contributed by atoms with Crippen molar-refractivity contribution < 1.29 is 14.4 Å². The van der Waals surface area contributed by atoms with Gasteiger partial charge in [-0.15, -0.1) is 0 Å². The van der Waals surface area contributed by atoms with Crippen LogP contribution in [0, 0.1) is 0 Å². The van der Waals surface area contributed by atoms with Crippen LogP contribution in [-0.2, 0) is 21.1 Å². The van der Waals surface area contributed by atoms with Gasteiger partial charge >= 0.3 is 0 Å². The molecule has 0 spiro atoms. The van der Waals surface area contributed by atoms with E-state index in [0.29, 0.717) is 40.7 Å². The Morgan fingerprint density at radius 2 is 1.46 bits per heavy atom. The molecule has 0 bridgehead atoms. The van der Waals surface area contributed by atoms with Gasteiger partial charge < -0.3 is 46.0 Å². The Kier molecular flexibility index (Phi) is 7.22. The monoisotopic (exact) mass is 508 g/mol. The first kappa shape index (κ1) is 25.4. The summed E-state index contributed by atoms with van der Waals surface area (Å²) in [6.07, 6.45) is 4.95. The van der Waals surface area contributed by atoms with Crippen molar-refractivity contribution in [3.05, 3.63) is 53.9 Å². The van der Waals surface area contributed by atoms with Gasteiger partial charge in [-0.2, -0.15) is 0 Å². The molecule has 1 unspecified atom stereocenters. The van der Waals surface area contributed by atoms with Crippen molar-refractivity contribution in [1.29, 1.82) is 0 Å². The molecule has 0 saturated carbocycles. The van der Waals surface area contributed by atoms with E-state index in [4.69, 9.17) is 5.73 Å². The van der Waals surface area contributed by atoms with Crippen LogP contribution in [0.2, 0.25) is 0 Å². The fraction of sp³-hybridized carbons (Fsp3) is 0.333. The lowest BCUT2D eigenvalue weighted by Gasteiger charge is -2.16. The second kappa shape index (κ2) is 10.5. The van der Waals surface area contributed by atoms with Crippen LogP contribution >= 0.6 is 0 Å². The van der Waals surface area contributed by atoms with Gasteiger partial charge in [-0.3, -0.25) is 19.4 Å². The number of hydrogen-bond donors (Lipinski definition) is 6. The molecule has 37 heavy (non-hydrogen) atoms. The number of aliphatic imine (C=N–C) groups is 1. The van der Waals surface area contributed by atoms with Gasteiger partial charge in [-0.1, -0.05) is 0 Å². The number of nitrogens with one attached hydrogen (secondary N) is 5. The van der Waals surface area contributed by atoms with Gasteiger partial charge in [0.1, 0.15) is 17.1 Å². The van der Waals surface area contributed by atoms with Gasteiger partial charge in [0.15, 0.2) is 5.96 Å². The van der Waals surface area contributed by atoms with Crippen LogP contribution in [0.1, 0.15) is 38.4 Å². The smallest absolute Gasteiger partial charge is 0.272 e. The molecule has 0 aromatic carbocycles. The molecule has 0 radical (unpaired) electrons. The molecule has 4 heterocycles. The minimum atomic E-state index is -0.383. The highest BCUT2D eigenvalue weighted by molar-refractivity contribution is 6.07. The van der Waals surface area contributed by atoms with Gasteiger partial charge in [0.25, 0.3) is 17.7 Å². The highest BCUT2D eigenvalue weighted by Gasteiger charge is 2.19. The summed E-state index contributed by atoms with van der Waals surface area (Å²) in [5.74, 6) is -0.249. The number of rotatable bonds is 8. The lowest BCUT2D eigenvalue weighted by Crippen LogP contribution is -2.45. The Morgan fingerprint density at radius 3 is 1.97 bits per heavy atom. The summed E-state index contributed by atoms with van der Waals surface area (Å²) in [5, 5.41) is 14.8. The van der Waals surface area contributed by atoms with Crippen molar-refractivity contribution in [1.82, 2.24) is 29.7 Å². The number of nitrogen functional groups attached to an aromatic ring is 1. The third-order valence-corrected chi connectivity index (χ3v) is 5.88. The third-order valence-electron chi connectivity index (χ3n) is 5.88. The van der Waals surface area contributed by atoms with E-state index in [1.807, 2.05) is 6.92 Å². The first-order chi connectivity index (χ1) is 17.6. The molecule has 13 heteroatoms. The molecule has 1 aliphatic heterocycles. The summed E-state index contributed by atoms with van der Waals surface area (Å²) >= 11 is 0. The molecule has 3 amide bonds. The predicted octanol–water partition coefficient (Wildman–Crippen LogP) is 0.456. The molecule has 3 aromatic heterocycles. The van der Waals surface area contributed by atoms with Crippen LogP contribution in [0.3, 0.4) is 0 Å². The van der Waals surface area contributed by atoms with Crippen molar-refractivity contribution in [2.75, 3.05) is 36.0 Å². The van der Waals surface area contributed by atoms with Crippen LogP contribution < -0.4 is 32.3 Å². The zero-order valence-electron chi connectivity index (χ0n) is 21.3. The zero-order chi connectivity index (χ0) is 26.7. The number of carbonyl (C=O) groups excluding carboxylic acids is 3. The fourth-order valence-electron chi connectivity index (χ4n) is 4.04. The molecule has 196 valence electrons.